The molecule has 1 aliphatic heterocycles. The predicted octanol–water partition coefficient (Wildman–Crippen LogP) is 3.33. The molecule has 0 aromatic carbocycles. The molecule has 0 amide bonds. The minimum atomic E-state index is -0.308. The summed E-state index contributed by atoms with van der Waals surface area (Å²) in [5.41, 5.74) is -0.206. The molecule has 0 radical (unpaired) electrons. The summed E-state index contributed by atoms with van der Waals surface area (Å²) in [5, 5.41) is 13.4. The maximum absolute atomic E-state index is 9.68. The number of thioether (sulfide) groups is 1. The summed E-state index contributed by atoms with van der Waals surface area (Å²) in [6.45, 7) is 4.51. The second kappa shape index (κ2) is 5.20. The van der Waals surface area contributed by atoms with Crippen molar-refractivity contribution in [3.8, 4) is 6.07 Å². The van der Waals surface area contributed by atoms with Gasteiger partial charge in [-0.25, -0.2) is 0 Å². The molecule has 1 N–H and O–H groups in total. The Labute approximate surface area is 110 Å². The molecule has 2 fully saturated rings. The average molecular weight is 252 g/mol. The highest BCUT2D eigenvalue weighted by atomic mass is 32.2. The third-order valence-corrected chi connectivity index (χ3v) is 5.72. The Hall–Kier alpha value is -0.200. The van der Waals surface area contributed by atoms with Crippen LogP contribution in [-0.2, 0) is 0 Å². The summed E-state index contributed by atoms with van der Waals surface area (Å²) in [4.78, 5) is 0. The quantitative estimate of drug-likeness (QED) is 0.819. The van der Waals surface area contributed by atoms with Crippen LogP contribution < -0.4 is 5.32 Å². The summed E-state index contributed by atoms with van der Waals surface area (Å²) in [6, 6.07) is 3.19. The minimum Gasteiger partial charge on any atom is -0.295 e. The van der Waals surface area contributed by atoms with Gasteiger partial charge in [0.1, 0.15) is 5.54 Å². The molecular weight excluding hydrogens is 228 g/mol. The Morgan fingerprint density at radius 3 is 2.53 bits per heavy atom. The second-order valence-corrected chi connectivity index (χ2v) is 7.29. The SMILES string of the molecule is CC1(C)CCSCC1(C#N)NC1CCCCC1. The zero-order chi connectivity index (χ0) is 12.4. The van der Waals surface area contributed by atoms with Crippen molar-refractivity contribution in [3.05, 3.63) is 0 Å². The number of hydrogen-bond acceptors (Lipinski definition) is 3. The van der Waals surface area contributed by atoms with Gasteiger partial charge in [0, 0.05) is 11.8 Å². The van der Waals surface area contributed by atoms with Crippen LogP contribution in [0.4, 0.5) is 0 Å². The van der Waals surface area contributed by atoms with Crippen LogP contribution >= 0.6 is 11.8 Å². The molecule has 2 rings (SSSR count). The lowest BCUT2D eigenvalue weighted by molar-refractivity contribution is 0.154. The molecule has 0 aromatic rings. The standard InChI is InChI=1S/C14H24N2S/c1-13(2)8-9-17-11-14(13,10-15)16-12-6-4-3-5-7-12/h12,16H,3-9,11H2,1-2H3. The molecule has 0 aromatic heterocycles. The molecule has 1 aliphatic carbocycles. The average Bonchev–Trinajstić information content (AvgIpc) is 2.33. The third-order valence-electron chi connectivity index (χ3n) is 4.59. The molecule has 1 atom stereocenters. The monoisotopic (exact) mass is 252 g/mol. The summed E-state index contributed by atoms with van der Waals surface area (Å²) in [6.07, 6.45) is 7.68. The molecule has 1 heterocycles. The maximum Gasteiger partial charge on any atom is 0.121 e. The first-order valence-electron chi connectivity index (χ1n) is 6.86. The predicted molar refractivity (Wildman–Crippen MR) is 74.1 cm³/mol. The molecular formula is C14H24N2S. The van der Waals surface area contributed by atoms with E-state index in [0.717, 1.165) is 12.2 Å². The van der Waals surface area contributed by atoms with Crippen LogP contribution in [0.5, 0.6) is 0 Å². The van der Waals surface area contributed by atoms with Crippen molar-refractivity contribution >= 4 is 11.8 Å². The van der Waals surface area contributed by atoms with Crippen molar-refractivity contribution in [1.29, 1.82) is 5.26 Å². The molecule has 1 saturated heterocycles. The van der Waals surface area contributed by atoms with Crippen molar-refractivity contribution in [2.45, 2.75) is 64.0 Å². The Bertz CT molecular complexity index is 302. The lowest BCUT2D eigenvalue weighted by Gasteiger charge is -2.48. The Balaban J connectivity index is 2.10. The highest BCUT2D eigenvalue weighted by Crippen LogP contribution is 2.42. The van der Waals surface area contributed by atoms with E-state index >= 15 is 0 Å². The van der Waals surface area contributed by atoms with E-state index < -0.39 is 0 Å². The number of hydrogen-bond donors (Lipinski definition) is 1. The van der Waals surface area contributed by atoms with Crippen molar-refractivity contribution < 1.29 is 0 Å². The molecule has 0 bridgehead atoms. The number of nitrogens with zero attached hydrogens (tertiary/aromatic N) is 1. The van der Waals surface area contributed by atoms with Crippen molar-refractivity contribution in [3.63, 3.8) is 0 Å². The number of nitriles is 1. The van der Waals surface area contributed by atoms with Gasteiger partial charge >= 0.3 is 0 Å². The molecule has 96 valence electrons. The molecule has 0 spiro atoms. The summed E-state index contributed by atoms with van der Waals surface area (Å²) in [5.74, 6) is 2.15. The van der Waals surface area contributed by atoms with E-state index in [1.165, 1.54) is 37.9 Å². The first-order valence-corrected chi connectivity index (χ1v) is 8.02. The lowest BCUT2D eigenvalue weighted by atomic mass is 9.71. The highest BCUT2D eigenvalue weighted by Gasteiger charge is 2.48. The highest BCUT2D eigenvalue weighted by molar-refractivity contribution is 7.99. The van der Waals surface area contributed by atoms with Crippen molar-refractivity contribution in [2.24, 2.45) is 5.41 Å². The van der Waals surface area contributed by atoms with Crippen LogP contribution in [0.2, 0.25) is 0 Å². The number of rotatable bonds is 2. The fourth-order valence-corrected chi connectivity index (χ4v) is 4.65. The van der Waals surface area contributed by atoms with Gasteiger partial charge in [-0.1, -0.05) is 33.1 Å². The van der Waals surface area contributed by atoms with E-state index in [4.69, 9.17) is 0 Å². The lowest BCUT2D eigenvalue weighted by Crippen LogP contribution is -2.62. The molecule has 2 nitrogen and oxygen atoms in total. The topological polar surface area (TPSA) is 35.8 Å². The molecule has 1 saturated carbocycles. The summed E-state index contributed by atoms with van der Waals surface area (Å²) < 4.78 is 0. The maximum atomic E-state index is 9.68. The Morgan fingerprint density at radius 2 is 1.94 bits per heavy atom. The van der Waals surface area contributed by atoms with Crippen LogP contribution in [0.25, 0.3) is 0 Å². The van der Waals surface area contributed by atoms with Crippen LogP contribution in [-0.4, -0.2) is 23.1 Å². The first kappa shape index (κ1) is 13.2. The zero-order valence-electron chi connectivity index (χ0n) is 11.1. The van der Waals surface area contributed by atoms with E-state index in [9.17, 15) is 5.26 Å². The van der Waals surface area contributed by atoms with Crippen LogP contribution in [0.1, 0.15) is 52.4 Å². The van der Waals surface area contributed by atoms with Gasteiger partial charge in [0.25, 0.3) is 0 Å². The normalized spacial score (nSPS) is 34.2. The van der Waals surface area contributed by atoms with Gasteiger partial charge in [-0.3, -0.25) is 5.32 Å². The van der Waals surface area contributed by atoms with Gasteiger partial charge in [-0.05, 0) is 30.4 Å². The Morgan fingerprint density at radius 1 is 1.24 bits per heavy atom. The van der Waals surface area contributed by atoms with Crippen LogP contribution in [0.15, 0.2) is 0 Å². The van der Waals surface area contributed by atoms with E-state index in [1.807, 2.05) is 11.8 Å². The molecule has 3 heteroatoms. The van der Waals surface area contributed by atoms with Gasteiger partial charge in [0.2, 0.25) is 0 Å². The third kappa shape index (κ3) is 2.63. The van der Waals surface area contributed by atoms with Crippen LogP contribution in [0.3, 0.4) is 0 Å². The Kier molecular flexibility index (Phi) is 4.05. The second-order valence-electron chi connectivity index (χ2n) is 6.18. The smallest absolute Gasteiger partial charge is 0.121 e. The first-order chi connectivity index (χ1) is 8.10. The summed E-state index contributed by atoms with van der Waals surface area (Å²) in [7, 11) is 0. The van der Waals surface area contributed by atoms with Gasteiger partial charge in [-0.2, -0.15) is 17.0 Å². The van der Waals surface area contributed by atoms with E-state index in [0.29, 0.717) is 6.04 Å². The van der Waals surface area contributed by atoms with E-state index in [2.05, 4.69) is 25.2 Å². The van der Waals surface area contributed by atoms with E-state index in [-0.39, 0.29) is 11.0 Å². The van der Waals surface area contributed by atoms with E-state index in [1.54, 1.807) is 0 Å². The fraction of sp³-hybridized carbons (Fsp3) is 0.929. The van der Waals surface area contributed by atoms with Crippen molar-refractivity contribution in [2.75, 3.05) is 11.5 Å². The van der Waals surface area contributed by atoms with Gasteiger partial charge in [0.05, 0.1) is 6.07 Å². The summed E-state index contributed by atoms with van der Waals surface area (Å²) >= 11 is 1.93. The molecule has 1 unspecified atom stereocenters. The fourth-order valence-electron chi connectivity index (χ4n) is 3.01. The van der Waals surface area contributed by atoms with Gasteiger partial charge < -0.3 is 0 Å². The molecule has 2 aliphatic rings. The minimum absolute atomic E-state index is 0.102. The zero-order valence-corrected chi connectivity index (χ0v) is 11.9. The van der Waals surface area contributed by atoms with Gasteiger partial charge in [0.15, 0.2) is 0 Å². The largest absolute Gasteiger partial charge is 0.295 e. The number of nitrogens with one attached hydrogen (secondary N) is 1. The molecule has 17 heavy (non-hydrogen) atoms. The van der Waals surface area contributed by atoms with Crippen molar-refractivity contribution in [1.82, 2.24) is 5.32 Å². The van der Waals surface area contributed by atoms with Gasteiger partial charge in [-0.15, -0.1) is 0 Å². The van der Waals surface area contributed by atoms with Crippen LogP contribution in [0, 0.1) is 16.7 Å².